The maximum Gasteiger partial charge on any atom is 0.340 e. The van der Waals surface area contributed by atoms with E-state index in [0.29, 0.717) is 23.5 Å². The van der Waals surface area contributed by atoms with Crippen molar-refractivity contribution in [3.8, 4) is 0 Å². The van der Waals surface area contributed by atoms with Gasteiger partial charge >= 0.3 is 5.97 Å². The molecule has 0 saturated carbocycles. The molecule has 0 atom stereocenters. The normalized spacial score (nSPS) is 10.1. The zero-order valence-electron chi connectivity index (χ0n) is 11.0. The number of ether oxygens (including phenoxy) is 1. The van der Waals surface area contributed by atoms with Gasteiger partial charge in [-0.05, 0) is 65.9 Å². The van der Waals surface area contributed by atoms with Gasteiger partial charge in [0, 0.05) is 9.26 Å². The second kappa shape index (κ2) is 6.60. The van der Waals surface area contributed by atoms with Gasteiger partial charge in [-0.3, -0.25) is 0 Å². The fourth-order valence-electron chi connectivity index (χ4n) is 1.77. The maximum atomic E-state index is 11.9. The molecule has 4 nitrogen and oxygen atoms in total. The fraction of sp³-hybridized carbons (Fsp3) is 0.133. The summed E-state index contributed by atoms with van der Waals surface area (Å²) in [4.78, 5) is 11.9. The number of carbonyl (C=O) groups is 1. The van der Waals surface area contributed by atoms with Crippen molar-refractivity contribution in [2.24, 2.45) is 0 Å². The summed E-state index contributed by atoms with van der Waals surface area (Å²) in [5.74, 6) is -0.382. The Morgan fingerprint density at radius 2 is 1.95 bits per heavy atom. The smallest absolute Gasteiger partial charge is 0.340 e. The zero-order valence-corrected chi connectivity index (χ0v) is 13.2. The summed E-state index contributed by atoms with van der Waals surface area (Å²) in [7, 11) is 0. The molecule has 0 aliphatic carbocycles. The Morgan fingerprint density at radius 3 is 2.60 bits per heavy atom. The van der Waals surface area contributed by atoms with Crippen molar-refractivity contribution in [2.75, 3.05) is 17.7 Å². The van der Waals surface area contributed by atoms with Crippen LogP contribution >= 0.6 is 22.6 Å². The Balaban J connectivity index is 2.34. The number of esters is 1. The van der Waals surface area contributed by atoms with E-state index < -0.39 is 0 Å². The van der Waals surface area contributed by atoms with E-state index >= 15 is 0 Å². The van der Waals surface area contributed by atoms with E-state index in [1.54, 1.807) is 25.1 Å². The Labute approximate surface area is 131 Å². The molecule has 0 bridgehead atoms. The first-order valence-corrected chi connectivity index (χ1v) is 7.28. The molecule has 0 radical (unpaired) electrons. The summed E-state index contributed by atoms with van der Waals surface area (Å²) in [6.45, 7) is 2.10. The number of hydrogen-bond acceptors (Lipinski definition) is 4. The van der Waals surface area contributed by atoms with E-state index in [-0.39, 0.29) is 5.97 Å². The van der Waals surface area contributed by atoms with Crippen LogP contribution in [0.1, 0.15) is 17.3 Å². The van der Waals surface area contributed by atoms with Crippen LogP contribution < -0.4 is 11.1 Å². The summed E-state index contributed by atoms with van der Waals surface area (Å²) >= 11 is 2.24. The molecule has 5 heteroatoms. The highest BCUT2D eigenvalue weighted by atomic mass is 127. The van der Waals surface area contributed by atoms with Crippen molar-refractivity contribution in [1.29, 1.82) is 0 Å². The lowest BCUT2D eigenvalue weighted by Crippen LogP contribution is -2.09. The average Bonchev–Trinajstić information content (AvgIpc) is 2.43. The summed E-state index contributed by atoms with van der Waals surface area (Å²) in [5, 5.41) is 3.18. The molecule has 104 valence electrons. The minimum absolute atomic E-state index is 0.330. The minimum atomic E-state index is -0.382. The third-order valence-electron chi connectivity index (χ3n) is 2.71. The molecule has 0 amide bonds. The fourth-order valence-corrected chi connectivity index (χ4v) is 2.13. The average molecular weight is 382 g/mol. The molecule has 0 fully saturated rings. The number of halogens is 1. The number of para-hydroxylation sites is 1. The molecule has 0 unspecified atom stereocenters. The molecular weight excluding hydrogens is 367 g/mol. The highest BCUT2D eigenvalue weighted by molar-refractivity contribution is 14.1. The van der Waals surface area contributed by atoms with E-state index in [1.165, 1.54) is 0 Å². The van der Waals surface area contributed by atoms with Gasteiger partial charge in [0.1, 0.15) is 0 Å². The minimum Gasteiger partial charge on any atom is -0.462 e. The molecule has 0 aromatic heterocycles. The monoisotopic (exact) mass is 382 g/mol. The second-order valence-corrected chi connectivity index (χ2v) is 5.37. The zero-order chi connectivity index (χ0) is 14.5. The van der Waals surface area contributed by atoms with Gasteiger partial charge in [0.05, 0.1) is 23.5 Å². The molecule has 2 aromatic rings. The molecule has 2 aromatic carbocycles. The highest BCUT2D eigenvalue weighted by Crippen LogP contribution is 2.28. The van der Waals surface area contributed by atoms with Crippen LogP contribution in [0.15, 0.2) is 42.5 Å². The Morgan fingerprint density at radius 1 is 1.25 bits per heavy atom. The predicted octanol–water partition coefficient (Wildman–Crippen LogP) is 3.79. The van der Waals surface area contributed by atoms with Crippen molar-refractivity contribution >= 4 is 45.6 Å². The molecule has 3 N–H and O–H groups in total. The quantitative estimate of drug-likeness (QED) is 0.480. The first kappa shape index (κ1) is 14.6. The van der Waals surface area contributed by atoms with Crippen LogP contribution in [-0.2, 0) is 4.74 Å². The van der Waals surface area contributed by atoms with Gasteiger partial charge in [0.15, 0.2) is 0 Å². The van der Waals surface area contributed by atoms with Gasteiger partial charge < -0.3 is 15.8 Å². The van der Waals surface area contributed by atoms with Gasteiger partial charge in [-0.25, -0.2) is 4.79 Å². The summed E-state index contributed by atoms with van der Waals surface area (Å²) in [6.07, 6.45) is 0. The number of nitrogens with two attached hydrogens (primary N) is 1. The molecule has 20 heavy (non-hydrogen) atoms. The van der Waals surface area contributed by atoms with Crippen LogP contribution in [-0.4, -0.2) is 12.6 Å². The number of anilines is 3. The van der Waals surface area contributed by atoms with Crippen molar-refractivity contribution < 1.29 is 9.53 Å². The lowest BCUT2D eigenvalue weighted by molar-refractivity contribution is 0.0527. The number of benzene rings is 2. The third kappa shape index (κ3) is 3.41. The first-order valence-electron chi connectivity index (χ1n) is 6.20. The highest BCUT2D eigenvalue weighted by Gasteiger charge is 2.14. The molecule has 0 heterocycles. The van der Waals surface area contributed by atoms with Crippen molar-refractivity contribution in [1.82, 2.24) is 0 Å². The predicted molar refractivity (Wildman–Crippen MR) is 89.3 cm³/mol. The van der Waals surface area contributed by atoms with Gasteiger partial charge in [-0.2, -0.15) is 0 Å². The van der Waals surface area contributed by atoms with Gasteiger partial charge in [0.25, 0.3) is 0 Å². The van der Waals surface area contributed by atoms with E-state index in [1.807, 2.05) is 24.3 Å². The number of nitrogens with one attached hydrogen (secondary N) is 1. The Bertz CT molecular complexity index is 612. The molecular formula is C15H15IN2O2. The van der Waals surface area contributed by atoms with Crippen molar-refractivity contribution in [3.05, 3.63) is 51.6 Å². The largest absolute Gasteiger partial charge is 0.462 e. The first-order chi connectivity index (χ1) is 9.61. The SMILES string of the molecule is CCOC(=O)c1cccc(N)c1Nc1ccc(I)cc1. The lowest BCUT2D eigenvalue weighted by Gasteiger charge is -2.13. The van der Waals surface area contributed by atoms with E-state index in [4.69, 9.17) is 10.5 Å². The van der Waals surface area contributed by atoms with Crippen LogP contribution in [0.3, 0.4) is 0 Å². The maximum absolute atomic E-state index is 11.9. The standard InChI is InChI=1S/C15H15IN2O2/c1-2-20-15(19)12-4-3-5-13(17)14(12)18-11-8-6-10(16)7-9-11/h3-9,18H,2,17H2,1H3. The van der Waals surface area contributed by atoms with E-state index in [9.17, 15) is 4.79 Å². The summed E-state index contributed by atoms with van der Waals surface area (Å²) in [5.41, 5.74) is 8.35. The number of nitrogen functional groups attached to an aromatic ring is 1. The molecule has 0 aliphatic rings. The number of rotatable bonds is 4. The molecule has 0 spiro atoms. The number of carbonyl (C=O) groups excluding carboxylic acids is 1. The molecule has 0 aliphatic heterocycles. The van der Waals surface area contributed by atoms with Gasteiger partial charge in [-0.1, -0.05) is 6.07 Å². The Kier molecular flexibility index (Phi) is 4.84. The summed E-state index contributed by atoms with van der Waals surface area (Å²) < 4.78 is 6.18. The lowest BCUT2D eigenvalue weighted by atomic mass is 10.1. The molecule has 2 rings (SSSR count). The van der Waals surface area contributed by atoms with E-state index in [2.05, 4.69) is 27.9 Å². The van der Waals surface area contributed by atoms with Gasteiger partial charge in [-0.15, -0.1) is 0 Å². The van der Waals surface area contributed by atoms with Crippen LogP contribution in [0.25, 0.3) is 0 Å². The van der Waals surface area contributed by atoms with Crippen molar-refractivity contribution in [3.63, 3.8) is 0 Å². The van der Waals surface area contributed by atoms with Crippen LogP contribution in [0.2, 0.25) is 0 Å². The Hall–Kier alpha value is -1.76. The topological polar surface area (TPSA) is 64.3 Å². The van der Waals surface area contributed by atoms with Gasteiger partial charge in [0.2, 0.25) is 0 Å². The molecule has 0 saturated heterocycles. The van der Waals surface area contributed by atoms with Crippen LogP contribution in [0, 0.1) is 3.57 Å². The van der Waals surface area contributed by atoms with Crippen LogP contribution in [0.5, 0.6) is 0 Å². The second-order valence-electron chi connectivity index (χ2n) is 4.12. The van der Waals surface area contributed by atoms with E-state index in [0.717, 1.165) is 9.26 Å². The van der Waals surface area contributed by atoms with Crippen LogP contribution in [0.4, 0.5) is 17.1 Å². The summed E-state index contributed by atoms with van der Waals surface area (Å²) in [6, 6.07) is 13.0. The number of hydrogen-bond donors (Lipinski definition) is 2. The van der Waals surface area contributed by atoms with Crippen molar-refractivity contribution in [2.45, 2.75) is 6.92 Å². The third-order valence-corrected chi connectivity index (χ3v) is 3.42.